The van der Waals surface area contributed by atoms with Gasteiger partial charge in [0.05, 0.1) is 12.0 Å². The predicted octanol–water partition coefficient (Wildman–Crippen LogP) is 3.17. The van der Waals surface area contributed by atoms with E-state index in [0.29, 0.717) is 11.8 Å². The first kappa shape index (κ1) is 17.9. The van der Waals surface area contributed by atoms with E-state index >= 15 is 0 Å². The number of hydrogen-bond donors (Lipinski definition) is 2. The van der Waals surface area contributed by atoms with Crippen LogP contribution in [0.4, 0.5) is 0 Å². The van der Waals surface area contributed by atoms with Gasteiger partial charge in [-0.3, -0.25) is 14.4 Å². The van der Waals surface area contributed by atoms with Gasteiger partial charge in [-0.1, -0.05) is 30.4 Å². The maximum Gasteiger partial charge on any atom is 0.163 e. The van der Waals surface area contributed by atoms with Crippen LogP contribution in [-0.4, -0.2) is 28.1 Å². The van der Waals surface area contributed by atoms with E-state index in [1.54, 1.807) is 24.3 Å². The summed E-state index contributed by atoms with van der Waals surface area (Å²) in [5.41, 5.74) is 1.43. The molecule has 2 rings (SSSR count). The Morgan fingerprint density at radius 1 is 0.840 bits per heavy atom. The fourth-order valence-electron chi connectivity index (χ4n) is 2.02. The van der Waals surface area contributed by atoms with Crippen molar-refractivity contribution < 1.29 is 24.6 Å². The van der Waals surface area contributed by atoms with Gasteiger partial charge in [0.15, 0.2) is 17.9 Å². The molecule has 2 aromatic carbocycles. The summed E-state index contributed by atoms with van der Waals surface area (Å²) in [6, 6.07) is 10.7. The summed E-state index contributed by atoms with van der Waals surface area (Å²) in [7, 11) is 0. The smallest absolute Gasteiger partial charge is 0.163 e. The topological polar surface area (TPSA) is 91.7 Å². The fourth-order valence-corrected chi connectivity index (χ4v) is 2.02. The third-order valence-corrected chi connectivity index (χ3v) is 3.34. The molecular weight excluding hydrogens is 320 g/mol. The lowest BCUT2D eigenvalue weighted by Gasteiger charge is -1.98. The highest BCUT2D eigenvalue weighted by Crippen LogP contribution is 2.17. The van der Waals surface area contributed by atoms with Crippen LogP contribution in [0.25, 0.3) is 12.2 Å². The Morgan fingerprint density at radius 3 is 2.00 bits per heavy atom. The Kier molecular flexibility index (Phi) is 6.01. The summed E-state index contributed by atoms with van der Waals surface area (Å²) in [5.74, 6) is -0.716. The van der Waals surface area contributed by atoms with Crippen molar-refractivity contribution in [3.05, 3.63) is 71.3 Å². The van der Waals surface area contributed by atoms with E-state index in [1.807, 2.05) is 0 Å². The number of rotatable bonds is 7. The normalized spacial score (nSPS) is 11.0. The Bertz CT molecular complexity index is 845. The molecule has 0 bridgehead atoms. The van der Waals surface area contributed by atoms with Crippen LogP contribution in [0, 0.1) is 0 Å². The number of allylic oxidation sites excluding steroid dienone is 2. The molecule has 5 nitrogen and oxygen atoms in total. The Morgan fingerprint density at radius 2 is 1.40 bits per heavy atom. The Labute approximate surface area is 144 Å². The zero-order valence-electron chi connectivity index (χ0n) is 13.3. The molecule has 0 aromatic heterocycles. The Hall–Kier alpha value is -3.47. The van der Waals surface area contributed by atoms with Crippen LogP contribution in [0.2, 0.25) is 0 Å². The number of benzene rings is 2. The number of phenols is 2. The highest BCUT2D eigenvalue weighted by atomic mass is 16.3. The lowest BCUT2D eigenvalue weighted by atomic mass is 10.1. The second-order valence-electron chi connectivity index (χ2n) is 5.30. The van der Waals surface area contributed by atoms with Crippen molar-refractivity contribution >= 4 is 30.0 Å². The van der Waals surface area contributed by atoms with Crippen LogP contribution in [0.15, 0.2) is 54.6 Å². The maximum absolute atomic E-state index is 11.8. The van der Waals surface area contributed by atoms with Crippen molar-refractivity contribution in [1.82, 2.24) is 0 Å². The van der Waals surface area contributed by atoms with E-state index in [0.717, 1.165) is 5.56 Å². The molecule has 2 aromatic rings. The van der Waals surface area contributed by atoms with Gasteiger partial charge in [0.2, 0.25) is 0 Å². The summed E-state index contributed by atoms with van der Waals surface area (Å²) in [4.78, 5) is 34.3. The molecule has 2 N–H and O–H groups in total. The molecule has 126 valence electrons. The number of carbonyl (C=O) groups excluding carboxylic acids is 3. The fraction of sp³-hybridized carbons (Fsp3) is 0.0500. The quantitative estimate of drug-likeness (QED) is 0.460. The first-order valence-electron chi connectivity index (χ1n) is 7.47. The lowest BCUT2D eigenvalue weighted by molar-refractivity contribution is -0.121. The van der Waals surface area contributed by atoms with E-state index in [-0.39, 0.29) is 35.0 Å². The van der Waals surface area contributed by atoms with E-state index in [2.05, 4.69) is 0 Å². The minimum absolute atomic E-state index is 0.127. The van der Waals surface area contributed by atoms with Crippen molar-refractivity contribution in [2.75, 3.05) is 0 Å². The lowest BCUT2D eigenvalue weighted by Crippen LogP contribution is -2.01. The van der Waals surface area contributed by atoms with Crippen LogP contribution < -0.4 is 0 Å². The van der Waals surface area contributed by atoms with Crippen LogP contribution in [0.1, 0.15) is 27.9 Å². The Balaban J connectivity index is 1.93. The largest absolute Gasteiger partial charge is 0.508 e. The van der Waals surface area contributed by atoms with Crippen molar-refractivity contribution in [3.63, 3.8) is 0 Å². The zero-order chi connectivity index (χ0) is 18.2. The maximum atomic E-state index is 11.8. The molecule has 0 aliphatic carbocycles. The van der Waals surface area contributed by atoms with Crippen LogP contribution in [0.3, 0.4) is 0 Å². The summed E-state index contributed by atoms with van der Waals surface area (Å²) >= 11 is 0. The van der Waals surface area contributed by atoms with E-state index < -0.39 is 0 Å². The molecule has 0 spiro atoms. The first-order valence-corrected chi connectivity index (χ1v) is 7.47. The first-order chi connectivity index (χ1) is 12.0. The molecule has 0 saturated carbocycles. The molecule has 0 aliphatic rings. The molecule has 0 fully saturated rings. The molecule has 0 unspecified atom stereocenters. The average molecular weight is 336 g/mol. The monoisotopic (exact) mass is 336 g/mol. The second-order valence-corrected chi connectivity index (χ2v) is 5.30. The van der Waals surface area contributed by atoms with Crippen LogP contribution in [-0.2, 0) is 9.59 Å². The van der Waals surface area contributed by atoms with Gasteiger partial charge >= 0.3 is 0 Å². The van der Waals surface area contributed by atoms with Gasteiger partial charge in [0.25, 0.3) is 0 Å². The molecule has 0 amide bonds. The van der Waals surface area contributed by atoms with Crippen LogP contribution in [0.5, 0.6) is 11.5 Å². The SMILES string of the molecule is O=Cc1cc(/C=C/C(=O)CC(=O)/C=C/c2ccc(O)cc2)ccc1O. The number of ketones is 2. The van der Waals surface area contributed by atoms with Crippen LogP contribution >= 0.6 is 0 Å². The third-order valence-electron chi connectivity index (χ3n) is 3.34. The van der Waals surface area contributed by atoms with Gasteiger partial charge in [-0.25, -0.2) is 0 Å². The summed E-state index contributed by atoms with van der Waals surface area (Å²) in [6.45, 7) is 0. The van der Waals surface area contributed by atoms with Gasteiger partial charge in [0.1, 0.15) is 11.5 Å². The summed E-state index contributed by atoms with van der Waals surface area (Å²) < 4.78 is 0. The number of hydrogen-bond acceptors (Lipinski definition) is 5. The predicted molar refractivity (Wildman–Crippen MR) is 94.3 cm³/mol. The number of aromatic hydroxyl groups is 2. The van der Waals surface area contributed by atoms with E-state index in [4.69, 9.17) is 0 Å². The summed E-state index contributed by atoms with van der Waals surface area (Å²) in [5, 5.41) is 18.6. The number of carbonyl (C=O) groups is 3. The van der Waals surface area contributed by atoms with E-state index in [1.165, 1.54) is 42.5 Å². The van der Waals surface area contributed by atoms with Crippen molar-refractivity contribution in [1.29, 1.82) is 0 Å². The second kappa shape index (κ2) is 8.40. The standard InChI is InChI=1S/C20H16O5/c21-13-16-11-15(5-10-20(16)25)4-9-19(24)12-18(23)8-3-14-1-6-17(22)7-2-14/h1-11,13,22,25H,12H2/b8-3+,9-4+. The van der Waals surface area contributed by atoms with Crippen molar-refractivity contribution in [3.8, 4) is 11.5 Å². The number of phenolic OH excluding ortho intramolecular Hbond substituents is 2. The molecule has 0 radical (unpaired) electrons. The molecule has 0 saturated heterocycles. The molecular formula is C20H16O5. The molecule has 25 heavy (non-hydrogen) atoms. The highest BCUT2D eigenvalue weighted by molar-refractivity contribution is 6.10. The van der Waals surface area contributed by atoms with Gasteiger partial charge in [-0.15, -0.1) is 0 Å². The minimum Gasteiger partial charge on any atom is -0.508 e. The molecule has 0 atom stereocenters. The van der Waals surface area contributed by atoms with Gasteiger partial charge in [-0.2, -0.15) is 0 Å². The molecule has 0 aliphatic heterocycles. The van der Waals surface area contributed by atoms with Gasteiger partial charge in [0, 0.05) is 0 Å². The van der Waals surface area contributed by atoms with Crippen molar-refractivity contribution in [2.24, 2.45) is 0 Å². The average Bonchev–Trinajstić information content (AvgIpc) is 2.60. The van der Waals surface area contributed by atoms with E-state index in [9.17, 15) is 24.6 Å². The molecule has 5 heteroatoms. The number of aldehydes is 1. The highest BCUT2D eigenvalue weighted by Gasteiger charge is 2.04. The van der Waals surface area contributed by atoms with Crippen molar-refractivity contribution in [2.45, 2.75) is 6.42 Å². The zero-order valence-corrected chi connectivity index (χ0v) is 13.3. The summed E-state index contributed by atoms with van der Waals surface area (Å²) in [6.07, 6.45) is 5.85. The van der Waals surface area contributed by atoms with Gasteiger partial charge in [-0.05, 0) is 47.5 Å². The minimum atomic E-state index is -0.374. The van der Waals surface area contributed by atoms with Gasteiger partial charge < -0.3 is 10.2 Å². The third kappa shape index (κ3) is 5.58. The molecule has 0 heterocycles.